The second-order valence-corrected chi connectivity index (χ2v) is 7.27. The number of rotatable bonds is 5. The molecular weight excluding hydrogens is 290 g/mol. The highest BCUT2D eigenvalue weighted by Gasteiger charge is 2.31. The van der Waals surface area contributed by atoms with Crippen LogP contribution in [0, 0.1) is 5.92 Å². The molecule has 0 bridgehead atoms. The van der Waals surface area contributed by atoms with Gasteiger partial charge >= 0.3 is 0 Å². The van der Waals surface area contributed by atoms with Crippen LogP contribution in [0.1, 0.15) is 59.3 Å². The standard InChI is InChI=1S/C18H33N3O2/c1-4-10-19-18(23)16-8-11-20(12-9-16)13-17(22)21-14(2)6-5-7-15(21)3/h14-16H,4-13H2,1-3H3,(H,19,23). The summed E-state index contributed by atoms with van der Waals surface area (Å²) < 4.78 is 0. The van der Waals surface area contributed by atoms with Gasteiger partial charge in [0.2, 0.25) is 11.8 Å². The van der Waals surface area contributed by atoms with Crippen molar-refractivity contribution in [3.63, 3.8) is 0 Å². The Morgan fingerprint density at radius 3 is 2.22 bits per heavy atom. The van der Waals surface area contributed by atoms with Gasteiger partial charge in [-0.15, -0.1) is 0 Å². The third-order valence-corrected chi connectivity index (χ3v) is 5.35. The minimum atomic E-state index is 0.126. The van der Waals surface area contributed by atoms with E-state index in [2.05, 4.69) is 35.9 Å². The van der Waals surface area contributed by atoms with E-state index in [1.807, 2.05) is 0 Å². The lowest BCUT2D eigenvalue weighted by Crippen LogP contribution is -2.52. The summed E-state index contributed by atoms with van der Waals surface area (Å²) in [5.74, 6) is 0.579. The predicted octanol–water partition coefficient (Wildman–Crippen LogP) is 2.01. The Kier molecular flexibility index (Phi) is 6.88. The zero-order valence-electron chi connectivity index (χ0n) is 15.0. The zero-order chi connectivity index (χ0) is 16.8. The fourth-order valence-corrected chi connectivity index (χ4v) is 3.93. The molecule has 2 unspecified atom stereocenters. The predicted molar refractivity (Wildman–Crippen MR) is 92.1 cm³/mol. The van der Waals surface area contributed by atoms with Gasteiger partial charge in [-0.3, -0.25) is 14.5 Å². The van der Waals surface area contributed by atoms with E-state index in [0.717, 1.165) is 51.7 Å². The molecule has 2 fully saturated rings. The molecule has 132 valence electrons. The molecule has 0 spiro atoms. The summed E-state index contributed by atoms with van der Waals surface area (Å²) in [5, 5.41) is 2.99. The molecule has 2 aliphatic rings. The highest BCUT2D eigenvalue weighted by molar-refractivity contribution is 5.80. The lowest BCUT2D eigenvalue weighted by molar-refractivity contribution is -0.139. The maximum atomic E-state index is 12.6. The number of carbonyl (C=O) groups is 2. The van der Waals surface area contributed by atoms with Crippen molar-refractivity contribution in [2.45, 2.75) is 71.4 Å². The number of likely N-dealkylation sites (tertiary alicyclic amines) is 2. The van der Waals surface area contributed by atoms with Crippen LogP contribution in [0.3, 0.4) is 0 Å². The molecule has 1 N–H and O–H groups in total. The quantitative estimate of drug-likeness (QED) is 0.842. The van der Waals surface area contributed by atoms with Crippen molar-refractivity contribution < 1.29 is 9.59 Å². The molecule has 2 rings (SSSR count). The number of hydrogen-bond donors (Lipinski definition) is 1. The highest BCUT2D eigenvalue weighted by atomic mass is 16.2. The van der Waals surface area contributed by atoms with Gasteiger partial charge in [0.05, 0.1) is 6.54 Å². The van der Waals surface area contributed by atoms with E-state index in [1.165, 1.54) is 6.42 Å². The summed E-state index contributed by atoms with van der Waals surface area (Å²) in [6, 6.07) is 0.729. The van der Waals surface area contributed by atoms with Gasteiger partial charge in [-0.25, -0.2) is 0 Å². The Morgan fingerprint density at radius 2 is 1.65 bits per heavy atom. The van der Waals surface area contributed by atoms with Crippen LogP contribution in [0.4, 0.5) is 0 Å². The normalized spacial score (nSPS) is 27.0. The summed E-state index contributed by atoms with van der Waals surface area (Å²) in [7, 11) is 0. The van der Waals surface area contributed by atoms with E-state index >= 15 is 0 Å². The zero-order valence-corrected chi connectivity index (χ0v) is 15.0. The largest absolute Gasteiger partial charge is 0.356 e. The highest BCUT2D eigenvalue weighted by Crippen LogP contribution is 2.23. The van der Waals surface area contributed by atoms with E-state index in [-0.39, 0.29) is 17.7 Å². The van der Waals surface area contributed by atoms with Gasteiger partial charge in [0, 0.05) is 24.5 Å². The molecule has 0 aromatic rings. The van der Waals surface area contributed by atoms with E-state index < -0.39 is 0 Å². The average Bonchev–Trinajstić information content (AvgIpc) is 2.53. The van der Waals surface area contributed by atoms with Crippen LogP contribution in [0.2, 0.25) is 0 Å². The van der Waals surface area contributed by atoms with E-state index in [9.17, 15) is 9.59 Å². The van der Waals surface area contributed by atoms with E-state index in [1.54, 1.807) is 0 Å². The Bertz CT molecular complexity index is 395. The summed E-state index contributed by atoms with van der Waals surface area (Å²) in [6.45, 7) is 9.38. The van der Waals surface area contributed by atoms with Crippen molar-refractivity contribution in [2.75, 3.05) is 26.2 Å². The van der Waals surface area contributed by atoms with Gasteiger partial charge in [0.25, 0.3) is 0 Å². The molecule has 0 saturated carbocycles. The molecule has 0 aliphatic carbocycles. The number of nitrogens with zero attached hydrogens (tertiary/aromatic N) is 2. The summed E-state index contributed by atoms with van der Waals surface area (Å²) in [4.78, 5) is 29.0. The summed E-state index contributed by atoms with van der Waals surface area (Å²) >= 11 is 0. The molecule has 0 aromatic carbocycles. The minimum absolute atomic E-state index is 0.126. The topological polar surface area (TPSA) is 52.7 Å². The first-order chi connectivity index (χ1) is 11.0. The smallest absolute Gasteiger partial charge is 0.237 e. The average molecular weight is 323 g/mol. The molecule has 2 heterocycles. The van der Waals surface area contributed by atoms with Crippen LogP contribution in [-0.2, 0) is 9.59 Å². The lowest BCUT2D eigenvalue weighted by atomic mass is 9.95. The monoisotopic (exact) mass is 323 g/mol. The van der Waals surface area contributed by atoms with Crippen molar-refractivity contribution in [1.82, 2.24) is 15.1 Å². The molecular formula is C18H33N3O2. The summed E-state index contributed by atoms with van der Waals surface area (Å²) in [6.07, 6.45) is 6.18. The molecule has 2 saturated heterocycles. The second-order valence-electron chi connectivity index (χ2n) is 7.27. The Morgan fingerprint density at radius 1 is 1.04 bits per heavy atom. The third-order valence-electron chi connectivity index (χ3n) is 5.35. The number of amides is 2. The maximum Gasteiger partial charge on any atom is 0.237 e. The SMILES string of the molecule is CCCNC(=O)C1CCN(CC(=O)N2C(C)CCCC2C)CC1. The minimum Gasteiger partial charge on any atom is -0.356 e. The molecule has 5 heteroatoms. The lowest BCUT2D eigenvalue weighted by Gasteiger charge is -2.41. The number of carbonyl (C=O) groups excluding carboxylic acids is 2. The molecule has 2 aliphatic heterocycles. The molecule has 0 radical (unpaired) electrons. The first kappa shape index (κ1) is 18.2. The van der Waals surface area contributed by atoms with Crippen molar-refractivity contribution >= 4 is 11.8 Å². The van der Waals surface area contributed by atoms with Crippen molar-refractivity contribution in [3.05, 3.63) is 0 Å². The van der Waals surface area contributed by atoms with Crippen LogP contribution in [-0.4, -0.2) is 59.9 Å². The fraction of sp³-hybridized carbons (Fsp3) is 0.889. The van der Waals surface area contributed by atoms with Crippen LogP contribution < -0.4 is 5.32 Å². The molecule has 23 heavy (non-hydrogen) atoms. The molecule has 5 nitrogen and oxygen atoms in total. The van der Waals surface area contributed by atoms with E-state index in [4.69, 9.17) is 0 Å². The van der Waals surface area contributed by atoms with Crippen LogP contribution in [0.25, 0.3) is 0 Å². The fourth-order valence-electron chi connectivity index (χ4n) is 3.93. The van der Waals surface area contributed by atoms with Gasteiger partial charge in [-0.05, 0) is 65.5 Å². The summed E-state index contributed by atoms with van der Waals surface area (Å²) in [5.41, 5.74) is 0. The molecule has 0 aromatic heterocycles. The Hall–Kier alpha value is -1.10. The van der Waals surface area contributed by atoms with Crippen LogP contribution >= 0.6 is 0 Å². The Labute approximate surface area is 140 Å². The molecule has 2 amide bonds. The van der Waals surface area contributed by atoms with Crippen LogP contribution in [0.15, 0.2) is 0 Å². The van der Waals surface area contributed by atoms with Gasteiger partial charge in [0.1, 0.15) is 0 Å². The molecule has 2 atom stereocenters. The van der Waals surface area contributed by atoms with Crippen molar-refractivity contribution in [1.29, 1.82) is 0 Å². The van der Waals surface area contributed by atoms with Crippen molar-refractivity contribution in [2.24, 2.45) is 5.92 Å². The van der Waals surface area contributed by atoms with Gasteiger partial charge in [-0.2, -0.15) is 0 Å². The van der Waals surface area contributed by atoms with E-state index in [0.29, 0.717) is 18.6 Å². The first-order valence-corrected chi connectivity index (χ1v) is 9.34. The van der Waals surface area contributed by atoms with Gasteiger partial charge < -0.3 is 10.2 Å². The number of piperidine rings is 2. The number of hydrogen-bond acceptors (Lipinski definition) is 3. The van der Waals surface area contributed by atoms with Gasteiger partial charge in [0.15, 0.2) is 0 Å². The Balaban J connectivity index is 1.77. The van der Waals surface area contributed by atoms with Crippen LogP contribution in [0.5, 0.6) is 0 Å². The second kappa shape index (κ2) is 8.67. The van der Waals surface area contributed by atoms with Gasteiger partial charge in [-0.1, -0.05) is 6.92 Å². The van der Waals surface area contributed by atoms with Crippen molar-refractivity contribution in [3.8, 4) is 0 Å². The maximum absolute atomic E-state index is 12.6. The number of nitrogens with one attached hydrogen (secondary N) is 1. The third kappa shape index (κ3) is 4.93. The first-order valence-electron chi connectivity index (χ1n) is 9.34.